The van der Waals surface area contributed by atoms with Crippen molar-refractivity contribution in [2.75, 3.05) is 35.5 Å². The number of methoxy groups -OCH3 is 5. The lowest BCUT2D eigenvalue weighted by Gasteiger charge is -2.12. The van der Waals surface area contributed by atoms with Gasteiger partial charge in [-0.05, 0) is 69.4 Å². The lowest BCUT2D eigenvalue weighted by molar-refractivity contribution is 0.323. The zero-order valence-corrected chi connectivity index (χ0v) is 18.5. The van der Waals surface area contributed by atoms with Gasteiger partial charge < -0.3 is 23.7 Å². The molecular formula is C17H20I2O5. The molecule has 0 heterocycles. The van der Waals surface area contributed by atoms with E-state index in [9.17, 15) is 0 Å². The Morgan fingerprint density at radius 3 is 1.50 bits per heavy atom. The third-order valence-electron chi connectivity index (χ3n) is 3.01. The molecule has 0 aliphatic carbocycles. The number of hydrogen-bond donors (Lipinski definition) is 0. The first-order valence-electron chi connectivity index (χ1n) is 6.84. The Bertz CT molecular complexity index is 662. The Balaban J connectivity index is 0.000000243. The Kier molecular flexibility index (Phi) is 9.34. The summed E-state index contributed by atoms with van der Waals surface area (Å²) in [6.07, 6.45) is 0. The van der Waals surface area contributed by atoms with E-state index in [0.29, 0.717) is 17.2 Å². The van der Waals surface area contributed by atoms with E-state index in [-0.39, 0.29) is 0 Å². The number of para-hydroxylation sites is 1. The molecule has 0 atom stereocenters. The first kappa shape index (κ1) is 20.9. The Labute approximate surface area is 169 Å². The van der Waals surface area contributed by atoms with Crippen LogP contribution in [0.3, 0.4) is 0 Å². The van der Waals surface area contributed by atoms with Crippen molar-refractivity contribution in [1.82, 2.24) is 0 Å². The Morgan fingerprint density at radius 2 is 1.04 bits per heavy atom. The van der Waals surface area contributed by atoms with Gasteiger partial charge in [0.2, 0.25) is 5.75 Å². The molecule has 2 rings (SSSR count). The van der Waals surface area contributed by atoms with E-state index in [1.807, 2.05) is 30.3 Å². The van der Waals surface area contributed by atoms with Gasteiger partial charge in [0.15, 0.2) is 23.0 Å². The van der Waals surface area contributed by atoms with Crippen molar-refractivity contribution in [2.45, 2.75) is 0 Å². The van der Waals surface area contributed by atoms with Crippen LogP contribution in [-0.4, -0.2) is 35.5 Å². The number of halogens is 2. The van der Waals surface area contributed by atoms with Crippen LogP contribution in [0.5, 0.6) is 28.7 Å². The molecule has 0 aliphatic heterocycles. The lowest BCUT2D eigenvalue weighted by Crippen LogP contribution is -1.96. The SMILES string of the molecule is COc1ccc(I)c(OC)c1OC.COc1cccc(I)c1OC. The van der Waals surface area contributed by atoms with E-state index in [0.717, 1.165) is 18.6 Å². The van der Waals surface area contributed by atoms with E-state index in [2.05, 4.69) is 45.2 Å². The smallest absolute Gasteiger partial charge is 0.204 e. The summed E-state index contributed by atoms with van der Waals surface area (Å²) >= 11 is 4.39. The maximum atomic E-state index is 5.20. The van der Waals surface area contributed by atoms with Crippen LogP contribution in [0.15, 0.2) is 30.3 Å². The first-order chi connectivity index (χ1) is 11.5. The summed E-state index contributed by atoms with van der Waals surface area (Å²) in [6, 6.07) is 9.55. The maximum Gasteiger partial charge on any atom is 0.204 e. The molecule has 0 saturated carbocycles. The van der Waals surface area contributed by atoms with Gasteiger partial charge in [0, 0.05) is 0 Å². The van der Waals surface area contributed by atoms with Gasteiger partial charge in [0.25, 0.3) is 0 Å². The van der Waals surface area contributed by atoms with Crippen LogP contribution < -0.4 is 23.7 Å². The van der Waals surface area contributed by atoms with Crippen LogP contribution in [-0.2, 0) is 0 Å². The van der Waals surface area contributed by atoms with E-state index >= 15 is 0 Å². The molecular weight excluding hydrogens is 538 g/mol. The standard InChI is InChI=1S/C9H11IO3.C8H9IO2/c1-11-7-5-4-6(10)8(12-2)9(7)13-3;1-10-7-5-3-4-6(9)8(7)11-2/h4-5H,1-3H3;3-5H,1-2H3. The van der Waals surface area contributed by atoms with Crippen LogP contribution in [0.4, 0.5) is 0 Å². The van der Waals surface area contributed by atoms with Gasteiger partial charge in [-0.15, -0.1) is 0 Å². The highest BCUT2D eigenvalue weighted by molar-refractivity contribution is 14.1. The van der Waals surface area contributed by atoms with Crippen molar-refractivity contribution in [3.8, 4) is 28.7 Å². The minimum Gasteiger partial charge on any atom is -0.493 e. The second-order valence-corrected chi connectivity index (χ2v) is 6.62. The topological polar surface area (TPSA) is 46.2 Å². The summed E-state index contributed by atoms with van der Waals surface area (Å²) in [5, 5.41) is 0. The summed E-state index contributed by atoms with van der Waals surface area (Å²) in [7, 11) is 8.08. The second-order valence-electron chi connectivity index (χ2n) is 4.29. The lowest BCUT2D eigenvalue weighted by atomic mass is 10.3. The minimum absolute atomic E-state index is 0.636. The average molecular weight is 558 g/mol. The number of hydrogen-bond acceptors (Lipinski definition) is 5. The van der Waals surface area contributed by atoms with Crippen LogP contribution in [0.25, 0.3) is 0 Å². The highest BCUT2D eigenvalue weighted by Crippen LogP contribution is 2.40. The molecule has 0 aliphatic rings. The van der Waals surface area contributed by atoms with Gasteiger partial charge >= 0.3 is 0 Å². The second kappa shape index (κ2) is 10.7. The molecule has 2 aromatic rings. The predicted molar refractivity (Wildman–Crippen MR) is 111 cm³/mol. The average Bonchev–Trinajstić information content (AvgIpc) is 2.61. The molecule has 0 fully saturated rings. The van der Waals surface area contributed by atoms with Crippen molar-refractivity contribution in [2.24, 2.45) is 0 Å². The van der Waals surface area contributed by atoms with Crippen LogP contribution in [0.1, 0.15) is 0 Å². The molecule has 0 N–H and O–H groups in total. The molecule has 5 nitrogen and oxygen atoms in total. The number of ether oxygens (including phenoxy) is 5. The van der Waals surface area contributed by atoms with E-state index in [4.69, 9.17) is 23.7 Å². The van der Waals surface area contributed by atoms with Crippen molar-refractivity contribution in [3.05, 3.63) is 37.5 Å². The van der Waals surface area contributed by atoms with Crippen molar-refractivity contribution in [3.63, 3.8) is 0 Å². The zero-order chi connectivity index (χ0) is 18.1. The highest BCUT2D eigenvalue weighted by atomic mass is 127. The molecule has 0 amide bonds. The number of rotatable bonds is 5. The normalized spacial score (nSPS) is 9.46. The van der Waals surface area contributed by atoms with Crippen molar-refractivity contribution < 1.29 is 23.7 Å². The third kappa shape index (κ3) is 5.20. The highest BCUT2D eigenvalue weighted by Gasteiger charge is 2.13. The van der Waals surface area contributed by atoms with Gasteiger partial charge in [-0.3, -0.25) is 0 Å². The molecule has 0 spiro atoms. The molecule has 0 aromatic heterocycles. The maximum absolute atomic E-state index is 5.20. The molecule has 132 valence electrons. The fourth-order valence-corrected chi connectivity index (χ4v) is 3.25. The molecule has 2 aromatic carbocycles. The Hall–Kier alpha value is -1.10. The number of benzene rings is 2. The molecule has 0 radical (unpaired) electrons. The zero-order valence-electron chi connectivity index (χ0n) is 14.2. The van der Waals surface area contributed by atoms with Gasteiger partial charge in [-0.25, -0.2) is 0 Å². The van der Waals surface area contributed by atoms with Crippen LogP contribution >= 0.6 is 45.2 Å². The van der Waals surface area contributed by atoms with Crippen molar-refractivity contribution >= 4 is 45.2 Å². The summed E-state index contributed by atoms with van der Waals surface area (Å²) < 4.78 is 27.8. The fraction of sp³-hybridized carbons (Fsp3) is 0.294. The summed E-state index contributed by atoms with van der Waals surface area (Å²) in [4.78, 5) is 0. The quantitative estimate of drug-likeness (QED) is 0.502. The van der Waals surface area contributed by atoms with Crippen LogP contribution in [0.2, 0.25) is 0 Å². The van der Waals surface area contributed by atoms with E-state index < -0.39 is 0 Å². The van der Waals surface area contributed by atoms with Gasteiger partial charge in [-0.2, -0.15) is 0 Å². The summed E-state index contributed by atoms with van der Waals surface area (Å²) in [5.74, 6) is 3.61. The first-order valence-corrected chi connectivity index (χ1v) is 9.00. The third-order valence-corrected chi connectivity index (χ3v) is 4.71. The molecule has 24 heavy (non-hydrogen) atoms. The predicted octanol–water partition coefficient (Wildman–Crippen LogP) is 4.63. The van der Waals surface area contributed by atoms with E-state index in [1.54, 1.807) is 35.5 Å². The molecule has 7 heteroatoms. The largest absolute Gasteiger partial charge is 0.493 e. The Morgan fingerprint density at radius 1 is 0.542 bits per heavy atom. The minimum atomic E-state index is 0.636. The molecule has 0 bridgehead atoms. The fourth-order valence-electron chi connectivity index (χ4n) is 1.91. The van der Waals surface area contributed by atoms with E-state index in [1.165, 1.54) is 0 Å². The molecule has 0 unspecified atom stereocenters. The van der Waals surface area contributed by atoms with Crippen molar-refractivity contribution in [1.29, 1.82) is 0 Å². The summed E-state index contributed by atoms with van der Waals surface area (Å²) in [6.45, 7) is 0. The van der Waals surface area contributed by atoms with Gasteiger partial charge in [0.1, 0.15) is 0 Å². The summed E-state index contributed by atoms with van der Waals surface area (Å²) in [5.41, 5.74) is 0. The van der Waals surface area contributed by atoms with Gasteiger partial charge in [-0.1, -0.05) is 6.07 Å². The van der Waals surface area contributed by atoms with Crippen LogP contribution in [0, 0.1) is 7.14 Å². The monoisotopic (exact) mass is 558 g/mol. The van der Waals surface area contributed by atoms with Gasteiger partial charge in [0.05, 0.1) is 42.7 Å². The molecule has 0 saturated heterocycles.